The van der Waals surface area contributed by atoms with Gasteiger partial charge in [-0.2, -0.15) is 13.2 Å². The number of amides is 2. The van der Waals surface area contributed by atoms with Crippen LogP contribution in [0.1, 0.15) is 5.56 Å². The van der Waals surface area contributed by atoms with E-state index in [2.05, 4.69) is 25.6 Å². The summed E-state index contributed by atoms with van der Waals surface area (Å²) in [6, 6.07) is 11.0. The van der Waals surface area contributed by atoms with Gasteiger partial charge in [-0.05, 0) is 48.0 Å². The summed E-state index contributed by atoms with van der Waals surface area (Å²) >= 11 is 1.57. The summed E-state index contributed by atoms with van der Waals surface area (Å²) < 4.78 is 44.1. The van der Waals surface area contributed by atoms with Crippen molar-refractivity contribution >= 4 is 33.9 Å². The topological polar surface area (TPSA) is 92.3 Å². The van der Waals surface area contributed by atoms with E-state index in [1.807, 2.05) is 37.3 Å². The summed E-state index contributed by atoms with van der Waals surface area (Å²) in [6.45, 7) is 0. The van der Waals surface area contributed by atoms with Crippen LogP contribution in [0.25, 0.3) is 10.4 Å². The van der Waals surface area contributed by atoms with Crippen LogP contribution in [-0.2, 0) is 6.18 Å². The predicted molar refractivity (Wildman–Crippen MR) is 128 cm³/mol. The van der Waals surface area contributed by atoms with E-state index in [9.17, 15) is 18.0 Å². The van der Waals surface area contributed by atoms with Gasteiger partial charge in [0.15, 0.2) is 5.13 Å². The van der Waals surface area contributed by atoms with E-state index in [1.54, 1.807) is 23.5 Å². The van der Waals surface area contributed by atoms with Crippen LogP contribution in [0.4, 0.5) is 34.5 Å². The van der Waals surface area contributed by atoms with Gasteiger partial charge in [0.05, 0.1) is 28.5 Å². The van der Waals surface area contributed by atoms with Crippen molar-refractivity contribution in [3.8, 4) is 22.2 Å². The van der Waals surface area contributed by atoms with Crippen molar-refractivity contribution in [3.63, 3.8) is 0 Å². The summed E-state index contributed by atoms with van der Waals surface area (Å²) in [7, 11) is 3.87. The Kier molecular flexibility index (Phi) is 6.82. The highest BCUT2D eigenvalue weighted by molar-refractivity contribution is 7.18. The lowest BCUT2D eigenvalue weighted by molar-refractivity contribution is -0.137. The second kappa shape index (κ2) is 9.97. The van der Waals surface area contributed by atoms with Crippen molar-refractivity contribution in [1.82, 2.24) is 15.0 Å². The van der Waals surface area contributed by atoms with Gasteiger partial charge in [-0.15, -0.1) is 0 Å². The molecule has 0 saturated carbocycles. The number of alkyl halides is 3. The van der Waals surface area contributed by atoms with E-state index >= 15 is 0 Å². The first-order valence-corrected chi connectivity index (χ1v) is 11.0. The molecule has 180 valence electrons. The van der Waals surface area contributed by atoms with Crippen molar-refractivity contribution in [2.45, 2.75) is 6.18 Å². The molecule has 2 amide bonds. The molecule has 0 aliphatic rings. The van der Waals surface area contributed by atoms with E-state index in [4.69, 9.17) is 4.74 Å². The van der Waals surface area contributed by atoms with Gasteiger partial charge >= 0.3 is 18.2 Å². The molecule has 0 unspecified atom stereocenters. The van der Waals surface area contributed by atoms with Crippen molar-refractivity contribution in [3.05, 3.63) is 72.7 Å². The number of anilines is 3. The van der Waals surface area contributed by atoms with Gasteiger partial charge in [0.1, 0.15) is 5.75 Å². The molecule has 0 atom stereocenters. The molecule has 12 heteroatoms. The highest BCUT2D eigenvalue weighted by Crippen LogP contribution is 2.32. The highest BCUT2D eigenvalue weighted by Gasteiger charge is 2.30. The number of aromatic nitrogens is 3. The van der Waals surface area contributed by atoms with Gasteiger partial charge in [-0.1, -0.05) is 17.4 Å². The molecular weight excluding hydrogens is 481 g/mol. The SMILES string of the molecule is CN(C)c1ncc(-c2ccc(Oc3ncc(NC(=O)Nc4cccc(C(F)(F)F)c4)cn3)cc2)s1. The van der Waals surface area contributed by atoms with Gasteiger partial charge in [0.25, 0.3) is 0 Å². The van der Waals surface area contributed by atoms with Crippen LogP contribution in [0.5, 0.6) is 11.8 Å². The largest absolute Gasteiger partial charge is 0.424 e. The maximum atomic E-state index is 12.8. The van der Waals surface area contributed by atoms with Crippen molar-refractivity contribution in [2.24, 2.45) is 0 Å². The summed E-state index contributed by atoms with van der Waals surface area (Å²) in [6.07, 6.45) is -0.0478. The van der Waals surface area contributed by atoms with Gasteiger partial charge in [-0.25, -0.2) is 19.7 Å². The number of rotatable bonds is 6. The van der Waals surface area contributed by atoms with Crippen molar-refractivity contribution in [1.29, 1.82) is 0 Å². The minimum atomic E-state index is -4.51. The van der Waals surface area contributed by atoms with Crippen molar-refractivity contribution in [2.75, 3.05) is 29.6 Å². The maximum absolute atomic E-state index is 12.8. The number of halogens is 3. The fourth-order valence-corrected chi connectivity index (χ4v) is 3.74. The third-order valence-corrected chi connectivity index (χ3v) is 5.77. The average molecular weight is 501 g/mol. The average Bonchev–Trinajstić information content (AvgIpc) is 3.31. The molecule has 0 saturated heterocycles. The van der Waals surface area contributed by atoms with Gasteiger partial charge < -0.3 is 20.3 Å². The third kappa shape index (κ3) is 6.23. The molecule has 0 spiro atoms. The van der Waals surface area contributed by atoms with Crippen LogP contribution >= 0.6 is 11.3 Å². The monoisotopic (exact) mass is 500 g/mol. The van der Waals surface area contributed by atoms with E-state index in [1.165, 1.54) is 24.5 Å². The summed E-state index contributed by atoms with van der Waals surface area (Å²) in [5.41, 5.74) is 0.366. The Morgan fingerprint density at radius 2 is 1.63 bits per heavy atom. The molecular formula is C23H19F3N6O2S. The van der Waals surface area contributed by atoms with Crippen LogP contribution < -0.4 is 20.3 Å². The first kappa shape index (κ1) is 24.0. The number of ether oxygens (including phenoxy) is 1. The van der Waals surface area contributed by atoms with E-state index in [0.717, 1.165) is 27.7 Å². The first-order chi connectivity index (χ1) is 16.7. The molecule has 0 aliphatic heterocycles. The van der Waals surface area contributed by atoms with E-state index < -0.39 is 17.8 Å². The Hall–Kier alpha value is -4.19. The molecule has 0 bridgehead atoms. The zero-order chi connectivity index (χ0) is 25.0. The number of urea groups is 1. The van der Waals surface area contributed by atoms with Crippen LogP contribution in [0.3, 0.4) is 0 Å². The maximum Gasteiger partial charge on any atom is 0.416 e. The smallest absolute Gasteiger partial charge is 0.416 e. The molecule has 2 aromatic heterocycles. The van der Waals surface area contributed by atoms with Crippen LogP contribution in [0.15, 0.2) is 67.1 Å². The molecule has 8 nitrogen and oxygen atoms in total. The number of hydrogen-bond donors (Lipinski definition) is 2. The summed E-state index contributed by atoms with van der Waals surface area (Å²) in [5, 5.41) is 5.70. The molecule has 4 aromatic rings. The Labute approximate surface area is 202 Å². The molecule has 0 aliphatic carbocycles. The predicted octanol–water partition coefficient (Wildman–Crippen LogP) is 6.12. The Bertz CT molecular complexity index is 1310. The molecule has 2 aromatic carbocycles. The molecule has 2 N–H and O–H groups in total. The van der Waals surface area contributed by atoms with Crippen LogP contribution in [0, 0.1) is 0 Å². The zero-order valence-corrected chi connectivity index (χ0v) is 19.3. The van der Waals surface area contributed by atoms with Crippen molar-refractivity contribution < 1.29 is 22.7 Å². The number of thiazole rings is 1. The fraction of sp³-hybridized carbons (Fsp3) is 0.130. The van der Waals surface area contributed by atoms with E-state index in [0.29, 0.717) is 5.75 Å². The van der Waals surface area contributed by atoms with Gasteiger partial charge in [0, 0.05) is 26.0 Å². The quantitative estimate of drug-likeness (QED) is 0.331. The van der Waals surface area contributed by atoms with Gasteiger partial charge in [0.2, 0.25) is 0 Å². The number of hydrogen-bond acceptors (Lipinski definition) is 7. The zero-order valence-electron chi connectivity index (χ0n) is 18.5. The number of nitrogens with zero attached hydrogens (tertiary/aromatic N) is 4. The lowest BCUT2D eigenvalue weighted by Gasteiger charge is -2.11. The Balaban J connectivity index is 1.34. The Morgan fingerprint density at radius 3 is 2.26 bits per heavy atom. The molecule has 2 heterocycles. The minimum absolute atomic E-state index is 0.00193. The number of carbonyl (C=O) groups excluding carboxylic acids is 1. The fourth-order valence-electron chi connectivity index (χ4n) is 2.90. The van der Waals surface area contributed by atoms with Gasteiger partial charge in [-0.3, -0.25) is 0 Å². The summed E-state index contributed by atoms with van der Waals surface area (Å²) in [5.74, 6) is 0.522. The molecule has 4 rings (SSSR count). The van der Waals surface area contributed by atoms with Crippen LogP contribution in [-0.4, -0.2) is 35.1 Å². The summed E-state index contributed by atoms with van der Waals surface area (Å²) in [4.78, 5) is 27.5. The standard InChI is InChI=1S/C23H19F3N6O2S/c1-32(2)22-29-13-19(35-22)14-6-8-18(9-7-14)34-21-27-11-17(12-28-21)31-20(33)30-16-5-3-4-15(10-16)23(24,25)26/h3-13H,1-2H3,(H2,30,31,33). The molecule has 0 radical (unpaired) electrons. The normalized spacial score (nSPS) is 11.1. The highest BCUT2D eigenvalue weighted by atomic mass is 32.1. The number of benzene rings is 2. The van der Waals surface area contributed by atoms with E-state index in [-0.39, 0.29) is 17.4 Å². The lowest BCUT2D eigenvalue weighted by Crippen LogP contribution is -2.20. The lowest BCUT2D eigenvalue weighted by atomic mass is 10.2. The number of nitrogens with one attached hydrogen (secondary N) is 2. The minimum Gasteiger partial charge on any atom is -0.424 e. The first-order valence-electron chi connectivity index (χ1n) is 10.2. The Morgan fingerprint density at radius 1 is 0.943 bits per heavy atom. The number of carbonyl (C=O) groups is 1. The second-order valence-corrected chi connectivity index (χ2v) is 8.45. The second-order valence-electron chi connectivity index (χ2n) is 7.44. The molecule has 0 fully saturated rings. The molecule has 35 heavy (non-hydrogen) atoms. The third-order valence-electron chi connectivity index (χ3n) is 4.56. The van der Waals surface area contributed by atoms with Crippen LogP contribution in [0.2, 0.25) is 0 Å².